The Hall–Kier alpha value is -0.920. The molecule has 1 aromatic carbocycles. The molecule has 0 saturated carbocycles. The maximum Gasteiger partial charge on any atom is 0.243 e. The lowest BCUT2D eigenvalue weighted by molar-refractivity contribution is -0.133. The van der Waals surface area contributed by atoms with Crippen LogP contribution in [0.4, 0.5) is 0 Å². The first kappa shape index (κ1) is 21.1. The Bertz CT molecular complexity index is 632. The molecule has 0 aliphatic carbocycles. The number of carbonyl (C=O) groups is 1. The third-order valence-corrected chi connectivity index (χ3v) is 6.42. The molecule has 0 heterocycles. The first-order valence-electron chi connectivity index (χ1n) is 8.25. The van der Waals surface area contributed by atoms with Crippen LogP contribution >= 0.6 is 15.9 Å². The van der Waals surface area contributed by atoms with Gasteiger partial charge in [0.25, 0.3) is 0 Å². The van der Waals surface area contributed by atoms with Crippen molar-refractivity contribution in [3.8, 4) is 0 Å². The molecular formula is C17H27BrN2O3S. The van der Waals surface area contributed by atoms with Gasteiger partial charge in [-0.25, -0.2) is 8.42 Å². The SMILES string of the molecule is CCCCN(C(=O)CN(C)S(=O)(=O)c1ccc(Br)cc1)C(C)CC. The van der Waals surface area contributed by atoms with Crippen molar-refractivity contribution < 1.29 is 13.2 Å². The summed E-state index contributed by atoms with van der Waals surface area (Å²) in [6.45, 7) is 6.61. The van der Waals surface area contributed by atoms with Gasteiger partial charge in [-0.05, 0) is 44.0 Å². The smallest absolute Gasteiger partial charge is 0.243 e. The van der Waals surface area contributed by atoms with E-state index >= 15 is 0 Å². The zero-order valence-electron chi connectivity index (χ0n) is 14.8. The third kappa shape index (κ3) is 5.57. The van der Waals surface area contributed by atoms with Crippen LogP contribution in [0.5, 0.6) is 0 Å². The third-order valence-electron chi connectivity index (χ3n) is 4.08. The summed E-state index contributed by atoms with van der Waals surface area (Å²) >= 11 is 3.29. The number of nitrogens with zero attached hydrogens (tertiary/aromatic N) is 2. The van der Waals surface area contributed by atoms with Gasteiger partial charge < -0.3 is 4.90 Å². The van der Waals surface area contributed by atoms with E-state index in [9.17, 15) is 13.2 Å². The van der Waals surface area contributed by atoms with Crippen molar-refractivity contribution in [2.45, 2.75) is 51.0 Å². The number of likely N-dealkylation sites (N-methyl/N-ethyl adjacent to an activating group) is 1. The number of hydrogen-bond acceptors (Lipinski definition) is 3. The fraction of sp³-hybridized carbons (Fsp3) is 0.588. The van der Waals surface area contributed by atoms with Crippen LogP contribution in [0.2, 0.25) is 0 Å². The van der Waals surface area contributed by atoms with Gasteiger partial charge in [-0.3, -0.25) is 4.79 Å². The van der Waals surface area contributed by atoms with Gasteiger partial charge in [0, 0.05) is 24.1 Å². The molecule has 0 N–H and O–H groups in total. The van der Waals surface area contributed by atoms with Gasteiger partial charge in [0.1, 0.15) is 0 Å². The molecule has 0 spiro atoms. The van der Waals surface area contributed by atoms with Gasteiger partial charge in [-0.15, -0.1) is 0 Å². The fourth-order valence-corrected chi connectivity index (χ4v) is 3.68. The molecule has 1 aromatic rings. The predicted molar refractivity (Wildman–Crippen MR) is 100 cm³/mol. The fourth-order valence-electron chi connectivity index (χ4n) is 2.29. The summed E-state index contributed by atoms with van der Waals surface area (Å²) in [6, 6.07) is 6.52. The van der Waals surface area contributed by atoms with E-state index in [1.54, 1.807) is 17.0 Å². The number of carbonyl (C=O) groups excluding carboxylic acids is 1. The lowest BCUT2D eigenvalue weighted by Crippen LogP contribution is -2.45. The summed E-state index contributed by atoms with van der Waals surface area (Å²) in [5, 5.41) is 0. The molecule has 0 aliphatic heterocycles. The molecule has 1 amide bonds. The minimum Gasteiger partial charge on any atom is -0.339 e. The quantitative estimate of drug-likeness (QED) is 0.616. The average Bonchev–Trinajstić information content (AvgIpc) is 2.55. The topological polar surface area (TPSA) is 57.7 Å². The molecule has 0 saturated heterocycles. The number of rotatable bonds is 9. The average molecular weight is 419 g/mol. The summed E-state index contributed by atoms with van der Waals surface area (Å²) in [5.74, 6) is -0.152. The Morgan fingerprint density at radius 3 is 2.29 bits per heavy atom. The van der Waals surface area contributed by atoms with E-state index < -0.39 is 10.0 Å². The van der Waals surface area contributed by atoms with E-state index in [1.165, 1.54) is 19.2 Å². The largest absolute Gasteiger partial charge is 0.339 e. The second kappa shape index (κ2) is 9.53. The standard InChI is InChI=1S/C17H27BrN2O3S/c1-5-7-12-20(14(3)6-2)17(21)13-19(4)24(22,23)16-10-8-15(18)9-11-16/h8-11,14H,5-7,12-13H2,1-4H3. The van der Waals surface area contributed by atoms with Crippen LogP contribution in [0, 0.1) is 0 Å². The molecule has 0 radical (unpaired) electrons. The van der Waals surface area contributed by atoms with Gasteiger partial charge >= 0.3 is 0 Å². The molecule has 1 unspecified atom stereocenters. The Morgan fingerprint density at radius 1 is 1.21 bits per heavy atom. The van der Waals surface area contributed by atoms with E-state index in [4.69, 9.17) is 0 Å². The second-order valence-corrected chi connectivity index (χ2v) is 8.87. The van der Waals surface area contributed by atoms with Crippen molar-refractivity contribution in [1.82, 2.24) is 9.21 Å². The minimum atomic E-state index is -3.67. The van der Waals surface area contributed by atoms with Crippen LogP contribution in [0.25, 0.3) is 0 Å². The Morgan fingerprint density at radius 2 is 1.79 bits per heavy atom. The van der Waals surface area contributed by atoms with E-state index in [2.05, 4.69) is 22.9 Å². The number of hydrogen-bond donors (Lipinski definition) is 0. The van der Waals surface area contributed by atoms with Crippen LogP contribution < -0.4 is 0 Å². The van der Waals surface area contributed by atoms with Crippen LogP contribution in [-0.2, 0) is 14.8 Å². The predicted octanol–water partition coefficient (Wildman–Crippen LogP) is 3.50. The first-order chi connectivity index (χ1) is 11.2. The monoisotopic (exact) mass is 418 g/mol. The minimum absolute atomic E-state index is 0.104. The number of benzene rings is 1. The van der Waals surface area contributed by atoms with Crippen LogP contribution in [0.3, 0.4) is 0 Å². The molecule has 0 bridgehead atoms. The summed E-state index contributed by atoms with van der Waals surface area (Å²) < 4.78 is 27.1. The summed E-state index contributed by atoms with van der Waals surface area (Å²) in [5.41, 5.74) is 0. The van der Waals surface area contributed by atoms with Crippen molar-refractivity contribution in [3.05, 3.63) is 28.7 Å². The maximum atomic E-state index is 12.6. The van der Waals surface area contributed by atoms with Gasteiger partial charge in [0.15, 0.2) is 0 Å². The molecule has 0 aromatic heterocycles. The van der Waals surface area contributed by atoms with Crippen molar-refractivity contribution in [3.63, 3.8) is 0 Å². The van der Waals surface area contributed by atoms with E-state index in [0.29, 0.717) is 6.54 Å². The summed E-state index contributed by atoms with van der Waals surface area (Å²) in [7, 11) is -2.22. The van der Waals surface area contributed by atoms with Crippen molar-refractivity contribution in [2.75, 3.05) is 20.1 Å². The molecule has 1 atom stereocenters. The number of unbranched alkanes of at least 4 members (excludes halogenated alkanes) is 1. The van der Waals surface area contributed by atoms with E-state index in [0.717, 1.165) is 28.0 Å². The van der Waals surface area contributed by atoms with Crippen LogP contribution in [0.15, 0.2) is 33.6 Å². The van der Waals surface area contributed by atoms with Crippen LogP contribution in [-0.4, -0.2) is 49.7 Å². The highest BCUT2D eigenvalue weighted by Gasteiger charge is 2.26. The molecule has 7 heteroatoms. The Balaban J connectivity index is 2.88. The van der Waals surface area contributed by atoms with Gasteiger partial charge in [-0.1, -0.05) is 36.2 Å². The molecule has 136 valence electrons. The van der Waals surface area contributed by atoms with Crippen molar-refractivity contribution in [2.24, 2.45) is 0 Å². The van der Waals surface area contributed by atoms with Gasteiger partial charge in [0.05, 0.1) is 11.4 Å². The van der Waals surface area contributed by atoms with Gasteiger partial charge in [-0.2, -0.15) is 4.31 Å². The Labute approximate surface area is 154 Å². The zero-order chi connectivity index (χ0) is 18.3. The van der Waals surface area contributed by atoms with Gasteiger partial charge in [0.2, 0.25) is 15.9 Å². The van der Waals surface area contributed by atoms with E-state index in [1.807, 2.05) is 13.8 Å². The van der Waals surface area contributed by atoms with E-state index in [-0.39, 0.29) is 23.4 Å². The lowest BCUT2D eigenvalue weighted by Gasteiger charge is -2.30. The molecule has 0 fully saturated rings. The number of halogens is 1. The normalized spacial score (nSPS) is 13.1. The molecule has 24 heavy (non-hydrogen) atoms. The maximum absolute atomic E-state index is 12.6. The highest BCUT2D eigenvalue weighted by molar-refractivity contribution is 9.10. The second-order valence-electron chi connectivity index (χ2n) is 5.91. The number of sulfonamides is 1. The highest BCUT2D eigenvalue weighted by Crippen LogP contribution is 2.18. The molecule has 0 aliphatic rings. The summed E-state index contributed by atoms with van der Waals surface area (Å²) in [4.78, 5) is 14.6. The zero-order valence-corrected chi connectivity index (χ0v) is 17.2. The number of amides is 1. The molecule has 5 nitrogen and oxygen atoms in total. The lowest BCUT2D eigenvalue weighted by atomic mass is 10.2. The molecular weight excluding hydrogens is 392 g/mol. The van der Waals surface area contributed by atoms with Crippen molar-refractivity contribution in [1.29, 1.82) is 0 Å². The van der Waals surface area contributed by atoms with Crippen molar-refractivity contribution >= 4 is 31.9 Å². The highest BCUT2D eigenvalue weighted by atomic mass is 79.9. The van der Waals surface area contributed by atoms with Crippen LogP contribution in [0.1, 0.15) is 40.0 Å². The Kier molecular flexibility index (Phi) is 8.39. The summed E-state index contributed by atoms with van der Waals surface area (Å²) in [6.07, 6.45) is 2.76. The first-order valence-corrected chi connectivity index (χ1v) is 10.5. The molecule has 1 rings (SSSR count).